The number of hydrogen-bond donors (Lipinski definition) is 0. The van der Waals surface area contributed by atoms with Gasteiger partial charge in [-0.15, -0.1) is 0 Å². The molecule has 0 spiro atoms. The third kappa shape index (κ3) is 4.17. The van der Waals surface area contributed by atoms with Crippen molar-refractivity contribution in [3.8, 4) is 33.6 Å². The summed E-state index contributed by atoms with van der Waals surface area (Å²) in [6, 6.07) is 30.2. The first kappa shape index (κ1) is 26.5. The Kier molecular flexibility index (Phi) is 7.17. The Labute approximate surface area is 230 Å². The lowest BCUT2D eigenvalue weighted by atomic mass is 9.59. The van der Waals surface area contributed by atoms with Crippen molar-refractivity contribution < 1.29 is 9.59 Å². The zero-order valence-corrected chi connectivity index (χ0v) is 23.1. The molecule has 5 rings (SSSR count). The minimum Gasteiger partial charge on any atom is -0.273 e. The highest BCUT2D eigenvalue weighted by molar-refractivity contribution is 6.24. The zero-order valence-electron chi connectivity index (χ0n) is 23.1. The first-order chi connectivity index (χ1) is 18.9. The van der Waals surface area contributed by atoms with Crippen LogP contribution in [0.5, 0.6) is 0 Å². The molecule has 1 saturated heterocycles. The van der Waals surface area contributed by atoms with E-state index in [1.54, 1.807) is 0 Å². The molecule has 0 radical (unpaired) electrons. The molecule has 0 N–H and O–H groups in total. The van der Waals surface area contributed by atoms with Crippen molar-refractivity contribution in [1.29, 1.82) is 0 Å². The van der Waals surface area contributed by atoms with Crippen molar-refractivity contribution in [3.05, 3.63) is 91.0 Å². The number of nitrogens with zero attached hydrogens (tertiary/aromatic N) is 3. The molecule has 39 heavy (non-hydrogen) atoms. The minimum absolute atomic E-state index is 0.156. The monoisotopic (exact) mass is 517 g/mol. The van der Waals surface area contributed by atoms with E-state index in [0.717, 1.165) is 22.3 Å². The van der Waals surface area contributed by atoms with Gasteiger partial charge in [0.1, 0.15) is 0 Å². The van der Waals surface area contributed by atoms with Crippen LogP contribution in [0.25, 0.3) is 33.6 Å². The Morgan fingerprint density at radius 2 is 0.897 bits per heavy atom. The van der Waals surface area contributed by atoms with Crippen LogP contribution in [0, 0.1) is 10.8 Å². The normalized spacial score (nSPS) is 16.1. The summed E-state index contributed by atoms with van der Waals surface area (Å²) in [6.45, 7) is 8.05. The molecule has 3 aromatic carbocycles. The van der Waals surface area contributed by atoms with Crippen LogP contribution >= 0.6 is 0 Å². The van der Waals surface area contributed by atoms with Crippen LogP contribution in [0.15, 0.2) is 91.0 Å². The van der Waals surface area contributed by atoms with Crippen LogP contribution < -0.4 is 4.90 Å². The van der Waals surface area contributed by atoms with Crippen molar-refractivity contribution in [2.75, 3.05) is 4.90 Å². The second-order valence-corrected chi connectivity index (χ2v) is 10.3. The summed E-state index contributed by atoms with van der Waals surface area (Å²) >= 11 is 0. The molecule has 2 heterocycles. The van der Waals surface area contributed by atoms with Gasteiger partial charge in [-0.1, -0.05) is 113 Å². The fourth-order valence-electron chi connectivity index (χ4n) is 6.47. The van der Waals surface area contributed by atoms with Gasteiger partial charge < -0.3 is 0 Å². The number of rotatable bonds is 8. The highest BCUT2D eigenvalue weighted by atomic mass is 16.2. The van der Waals surface area contributed by atoms with Gasteiger partial charge in [-0.3, -0.25) is 9.59 Å². The van der Waals surface area contributed by atoms with Crippen molar-refractivity contribution >= 4 is 17.8 Å². The average Bonchev–Trinajstić information content (AvgIpc) is 3.20. The maximum atomic E-state index is 14.2. The van der Waals surface area contributed by atoms with Crippen LogP contribution in [0.4, 0.5) is 5.95 Å². The van der Waals surface area contributed by atoms with E-state index >= 15 is 0 Å². The van der Waals surface area contributed by atoms with E-state index in [9.17, 15) is 9.59 Å². The molecule has 0 atom stereocenters. The van der Waals surface area contributed by atoms with Crippen molar-refractivity contribution in [2.24, 2.45) is 10.8 Å². The molecule has 2 amide bonds. The number of carbonyl (C=O) groups excluding carboxylic acids is 2. The van der Waals surface area contributed by atoms with E-state index < -0.39 is 10.8 Å². The summed E-state index contributed by atoms with van der Waals surface area (Å²) < 4.78 is 0. The summed E-state index contributed by atoms with van der Waals surface area (Å²) in [5, 5.41) is 0. The largest absolute Gasteiger partial charge is 0.273 e. The summed E-state index contributed by atoms with van der Waals surface area (Å²) in [5.74, 6) is -0.211. The van der Waals surface area contributed by atoms with Crippen molar-refractivity contribution in [3.63, 3.8) is 0 Å². The summed E-state index contributed by atoms with van der Waals surface area (Å²) in [6.07, 6.45) is 2.38. The fraction of sp³-hybridized carbons (Fsp3) is 0.294. The summed E-state index contributed by atoms with van der Waals surface area (Å²) in [5.41, 5.74) is 3.84. The third-order valence-electron chi connectivity index (χ3n) is 8.83. The van der Waals surface area contributed by atoms with E-state index in [1.165, 1.54) is 4.90 Å². The van der Waals surface area contributed by atoms with E-state index in [1.807, 2.05) is 94.4 Å². The van der Waals surface area contributed by atoms with Crippen molar-refractivity contribution in [1.82, 2.24) is 9.97 Å². The van der Waals surface area contributed by atoms with Crippen LogP contribution in [0.1, 0.15) is 53.4 Å². The Morgan fingerprint density at radius 1 is 0.538 bits per heavy atom. The molecule has 4 aromatic rings. The molecule has 1 fully saturated rings. The Bertz CT molecular complexity index is 1440. The number of imide groups is 1. The predicted molar refractivity (Wildman–Crippen MR) is 157 cm³/mol. The molecule has 0 saturated carbocycles. The molecule has 1 aromatic heterocycles. The number of benzene rings is 3. The Morgan fingerprint density at radius 3 is 1.33 bits per heavy atom. The molecule has 5 heteroatoms. The molecule has 198 valence electrons. The third-order valence-corrected chi connectivity index (χ3v) is 8.83. The fourth-order valence-corrected chi connectivity index (χ4v) is 6.47. The van der Waals surface area contributed by atoms with E-state index in [-0.39, 0.29) is 17.8 Å². The second kappa shape index (κ2) is 10.6. The minimum atomic E-state index is -0.767. The predicted octanol–water partition coefficient (Wildman–Crippen LogP) is 7.96. The molecule has 1 aliphatic heterocycles. The number of anilines is 1. The van der Waals surface area contributed by atoms with Crippen LogP contribution in [0.2, 0.25) is 0 Å². The molecular formula is C34H35N3O2. The van der Waals surface area contributed by atoms with Gasteiger partial charge in [0, 0.05) is 11.1 Å². The quantitative estimate of drug-likeness (QED) is 0.222. The SMILES string of the molecule is CCC1(CC)C(=O)N(c2nc(-c3ccccc3)cc(-c3ccc(-c4ccccc4)cc3)n2)C(=O)C1(CC)CC. The van der Waals surface area contributed by atoms with Gasteiger partial charge in [-0.25, -0.2) is 14.9 Å². The lowest BCUT2D eigenvalue weighted by Crippen LogP contribution is -2.43. The maximum absolute atomic E-state index is 14.2. The van der Waals surface area contributed by atoms with Gasteiger partial charge in [-0.2, -0.15) is 0 Å². The lowest BCUT2D eigenvalue weighted by Gasteiger charge is -2.39. The Balaban J connectivity index is 1.66. The maximum Gasteiger partial charge on any atom is 0.243 e. The molecular weight excluding hydrogens is 482 g/mol. The smallest absolute Gasteiger partial charge is 0.243 e. The zero-order chi connectivity index (χ0) is 27.6. The van der Waals surface area contributed by atoms with Gasteiger partial charge in [0.15, 0.2) is 0 Å². The van der Waals surface area contributed by atoms with Crippen LogP contribution in [-0.4, -0.2) is 21.8 Å². The molecule has 5 nitrogen and oxygen atoms in total. The highest BCUT2D eigenvalue weighted by Crippen LogP contribution is 2.57. The molecule has 0 unspecified atom stereocenters. The Hall–Kier alpha value is -4.12. The molecule has 0 aliphatic carbocycles. The summed E-state index contributed by atoms with van der Waals surface area (Å²) in [7, 11) is 0. The lowest BCUT2D eigenvalue weighted by molar-refractivity contribution is -0.136. The first-order valence-electron chi connectivity index (χ1n) is 13.9. The van der Waals surface area contributed by atoms with Gasteiger partial charge in [-0.05, 0) is 42.9 Å². The topological polar surface area (TPSA) is 63.2 Å². The average molecular weight is 518 g/mol. The van der Waals surface area contributed by atoms with Gasteiger partial charge in [0.05, 0.1) is 22.2 Å². The summed E-state index contributed by atoms with van der Waals surface area (Å²) in [4.78, 5) is 39.3. The number of hydrogen-bond acceptors (Lipinski definition) is 4. The van der Waals surface area contributed by atoms with E-state index in [4.69, 9.17) is 9.97 Å². The van der Waals surface area contributed by atoms with Gasteiger partial charge in [0.25, 0.3) is 0 Å². The molecule has 0 bridgehead atoms. The van der Waals surface area contributed by atoms with Gasteiger partial charge in [0.2, 0.25) is 17.8 Å². The number of carbonyl (C=O) groups is 2. The van der Waals surface area contributed by atoms with E-state index in [2.05, 4.69) is 24.3 Å². The van der Waals surface area contributed by atoms with E-state index in [0.29, 0.717) is 37.1 Å². The van der Waals surface area contributed by atoms with Crippen molar-refractivity contribution in [2.45, 2.75) is 53.4 Å². The number of aromatic nitrogens is 2. The molecule has 1 aliphatic rings. The number of amides is 2. The van der Waals surface area contributed by atoms with Crippen LogP contribution in [0.3, 0.4) is 0 Å². The first-order valence-corrected chi connectivity index (χ1v) is 13.9. The second-order valence-electron chi connectivity index (χ2n) is 10.3. The van der Waals surface area contributed by atoms with Gasteiger partial charge >= 0.3 is 0 Å². The van der Waals surface area contributed by atoms with Crippen LogP contribution in [-0.2, 0) is 9.59 Å². The standard InChI is InChI=1S/C34H35N3O2/c1-5-33(6-2)30(38)37(31(39)34(33,7-3)8-4)32-35-28(26-17-13-10-14-18-26)23-29(36-32)27-21-19-25(20-22-27)24-15-11-9-12-16-24/h9-23H,5-8H2,1-4H3. The highest BCUT2D eigenvalue weighted by Gasteiger charge is 2.66.